The van der Waals surface area contributed by atoms with Crippen LogP contribution in [0.2, 0.25) is 0 Å². The number of alkyl halides is 1. The quantitative estimate of drug-likeness (QED) is 0.845. The van der Waals surface area contributed by atoms with Crippen LogP contribution in [0.15, 0.2) is 24.3 Å². The Balaban J connectivity index is 2.09. The Bertz CT molecular complexity index is 410. The van der Waals surface area contributed by atoms with E-state index in [1.807, 2.05) is 0 Å². The number of halogens is 1. The van der Waals surface area contributed by atoms with Crippen LogP contribution in [0.5, 0.6) is 5.75 Å². The van der Waals surface area contributed by atoms with Crippen LogP contribution < -0.4 is 0 Å². The molecule has 4 nitrogen and oxygen atoms in total. The second-order valence-corrected chi connectivity index (χ2v) is 4.60. The summed E-state index contributed by atoms with van der Waals surface area (Å²) in [6.07, 6.45) is 0.0463. The molecule has 0 saturated carbocycles. The number of morpholine rings is 1. The summed E-state index contributed by atoms with van der Waals surface area (Å²) < 4.78 is 5.48. The molecule has 1 amide bonds. The van der Waals surface area contributed by atoms with Crippen molar-refractivity contribution < 1.29 is 14.6 Å². The average Bonchev–Trinajstić information content (AvgIpc) is 2.38. The maximum Gasteiger partial charge on any atom is 0.254 e. The van der Waals surface area contributed by atoms with Crippen molar-refractivity contribution in [2.24, 2.45) is 0 Å². The van der Waals surface area contributed by atoms with E-state index in [0.29, 0.717) is 25.3 Å². The first-order valence-electron chi connectivity index (χ1n) is 5.46. The maximum absolute atomic E-state index is 12.2. The Hall–Kier alpha value is -1.07. The molecule has 92 valence electrons. The molecular formula is C12H14BrNO3. The standard InChI is InChI=1S/C12H14BrNO3/c13-7-11-8-14(4-5-17-11)12(16)9-2-1-3-10(15)6-9/h1-3,6,11,15H,4-5,7-8H2. The van der Waals surface area contributed by atoms with Gasteiger partial charge in [0.05, 0.1) is 12.7 Å². The molecule has 0 aromatic heterocycles. The lowest BCUT2D eigenvalue weighted by Crippen LogP contribution is -2.46. The lowest BCUT2D eigenvalue weighted by atomic mass is 10.1. The molecule has 1 aromatic carbocycles. The van der Waals surface area contributed by atoms with Gasteiger partial charge in [0.2, 0.25) is 0 Å². The Labute approximate surface area is 108 Å². The molecule has 0 radical (unpaired) electrons. The topological polar surface area (TPSA) is 49.8 Å². The molecule has 1 aliphatic heterocycles. The van der Waals surface area contributed by atoms with Crippen LogP contribution in [-0.2, 0) is 4.74 Å². The highest BCUT2D eigenvalue weighted by atomic mass is 79.9. The SMILES string of the molecule is O=C(c1cccc(O)c1)N1CCOC(CBr)C1. The summed E-state index contributed by atoms with van der Waals surface area (Å²) in [5, 5.41) is 10.1. The first kappa shape index (κ1) is 12.4. The largest absolute Gasteiger partial charge is 0.508 e. The minimum absolute atomic E-state index is 0.0463. The molecular weight excluding hydrogens is 286 g/mol. The number of hydrogen-bond donors (Lipinski definition) is 1. The molecule has 1 aromatic rings. The van der Waals surface area contributed by atoms with Gasteiger partial charge >= 0.3 is 0 Å². The van der Waals surface area contributed by atoms with Gasteiger partial charge in [-0.2, -0.15) is 0 Å². The summed E-state index contributed by atoms with van der Waals surface area (Å²) in [7, 11) is 0. The normalized spacial score (nSPS) is 20.3. The van der Waals surface area contributed by atoms with Crippen LogP contribution in [0.4, 0.5) is 0 Å². The van der Waals surface area contributed by atoms with Crippen molar-refractivity contribution in [2.75, 3.05) is 25.0 Å². The van der Waals surface area contributed by atoms with Gasteiger partial charge in [-0.05, 0) is 18.2 Å². The highest BCUT2D eigenvalue weighted by Gasteiger charge is 2.24. The predicted octanol–water partition coefficient (Wildman–Crippen LogP) is 1.63. The zero-order valence-electron chi connectivity index (χ0n) is 9.30. The minimum atomic E-state index is -0.0600. The van der Waals surface area contributed by atoms with E-state index in [2.05, 4.69) is 15.9 Å². The van der Waals surface area contributed by atoms with Gasteiger partial charge in [-0.1, -0.05) is 22.0 Å². The number of aromatic hydroxyl groups is 1. The van der Waals surface area contributed by atoms with Gasteiger partial charge in [0.25, 0.3) is 5.91 Å². The Morgan fingerprint density at radius 1 is 1.59 bits per heavy atom. The highest BCUT2D eigenvalue weighted by Crippen LogP contribution is 2.15. The number of nitrogens with zero attached hydrogens (tertiary/aromatic N) is 1. The Morgan fingerprint density at radius 3 is 3.12 bits per heavy atom. The Morgan fingerprint density at radius 2 is 2.41 bits per heavy atom. The second-order valence-electron chi connectivity index (χ2n) is 3.95. The third-order valence-electron chi connectivity index (χ3n) is 2.69. The molecule has 1 N–H and O–H groups in total. The van der Waals surface area contributed by atoms with E-state index in [0.717, 1.165) is 5.33 Å². The zero-order chi connectivity index (χ0) is 12.3. The summed E-state index contributed by atoms with van der Waals surface area (Å²) in [4.78, 5) is 13.9. The summed E-state index contributed by atoms with van der Waals surface area (Å²) in [5.41, 5.74) is 0.514. The third kappa shape index (κ3) is 2.98. The van der Waals surface area contributed by atoms with Crippen molar-refractivity contribution in [2.45, 2.75) is 6.10 Å². The third-order valence-corrected chi connectivity index (χ3v) is 3.41. The highest BCUT2D eigenvalue weighted by molar-refractivity contribution is 9.09. The van der Waals surface area contributed by atoms with E-state index < -0.39 is 0 Å². The fraction of sp³-hybridized carbons (Fsp3) is 0.417. The number of hydrogen-bond acceptors (Lipinski definition) is 3. The molecule has 1 fully saturated rings. The summed E-state index contributed by atoms with van der Waals surface area (Å²) in [6, 6.07) is 6.42. The van der Waals surface area contributed by atoms with Crippen LogP contribution in [0.25, 0.3) is 0 Å². The molecule has 1 saturated heterocycles. The molecule has 17 heavy (non-hydrogen) atoms. The first-order valence-corrected chi connectivity index (χ1v) is 6.58. The molecule has 0 bridgehead atoms. The predicted molar refractivity (Wildman–Crippen MR) is 67.5 cm³/mol. The number of rotatable bonds is 2. The second kappa shape index (κ2) is 5.51. The number of benzene rings is 1. The van der Waals surface area contributed by atoms with Crippen molar-refractivity contribution in [3.63, 3.8) is 0 Å². The van der Waals surface area contributed by atoms with E-state index in [-0.39, 0.29) is 17.8 Å². The van der Waals surface area contributed by atoms with Gasteiger partial charge in [0, 0.05) is 24.0 Å². The van der Waals surface area contributed by atoms with Gasteiger partial charge in [-0.15, -0.1) is 0 Å². The fourth-order valence-electron chi connectivity index (χ4n) is 1.82. The maximum atomic E-state index is 12.2. The number of carbonyl (C=O) groups excluding carboxylic acids is 1. The van der Waals surface area contributed by atoms with E-state index in [9.17, 15) is 9.90 Å². The molecule has 5 heteroatoms. The van der Waals surface area contributed by atoms with Crippen molar-refractivity contribution in [3.05, 3.63) is 29.8 Å². The Kier molecular flexibility index (Phi) is 4.02. The minimum Gasteiger partial charge on any atom is -0.508 e. The zero-order valence-corrected chi connectivity index (χ0v) is 10.9. The van der Waals surface area contributed by atoms with Crippen molar-refractivity contribution >= 4 is 21.8 Å². The fourth-order valence-corrected chi connectivity index (χ4v) is 2.21. The monoisotopic (exact) mass is 299 g/mol. The summed E-state index contributed by atoms with van der Waals surface area (Å²) in [5.74, 6) is 0.0521. The lowest BCUT2D eigenvalue weighted by Gasteiger charge is -2.32. The molecule has 1 unspecified atom stereocenters. The van der Waals surface area contributed by atoms with Crippen LogP contribution in [-0.4, -0.2) is 47.0 Å². The van der Waals surface area contributed by atoms with Gasteiger partial charge in [0.1, 0.15) is 5.75 Å². The number of ether oxygens (including phenoxy) is 1. The van der Waals surface area contributed by atoms with E-state index in [4.69, 9.17) is 4.74 Å². The number of phenolic OH excluding ortho intramolecular Hbond substituents is 1. The van der Waals surface area contributed by atoms with Gasteiger partial charge in [-0.3, -0.25) is 4.79 Å². The van der Waals surface area contributed by atoms with Crippen LogP contribution in [0.1, 0.15) is 10.4 Å². The summed E-state index contributed by atoms with van der Waals surface area (Å²) >= 11 is 3.35. The van der Waals surface area contributed by atoms with Crippen LogP contribution >= 0.6 is 15.9 Å². The van der Waals surface area contributed by atoms with Gasteiger partial charge in [-0.25, -0.2) is 0 Å². The molecule has 1 aliphatic rings. The van der Waals surface area contributed by atoms with E-state index >= 15 is 0 Å². The van der Waals surface area contributed by atoms with Gasteiger partial charge in [0.15, 0.2) is 0 Å². The number of amides is 1. The molecule has 2 rings (SSSR count). The molecule has 1 atom stereocenters. The van der Waals surface area contributed by atoms with Crippen molar-refractivity contribution in [3.8, 4) is 5.75 Å². The van der Waals surface area contributed by atoms with Crippen LogP contribution in [0.3, 0.4) is 0 Å². The smallest absolute Gasteiger partial charge is 0.254 e. The first-order chi connectivity index (χ1) is 8.20. The summed E-state index contributed by atoms with van der Waals surface area (Å²) in [6.45, 7) is 1.73. The van der Waals surface area contributed by atoms with Gasteiger partial charge < -0.3 is 14.7 Å². The lowest BCUT2D eigenvalue weighted by molar-refractivity contribution is -0.00965. The number of phenols is 1. The van der Waals surface area contributed by atoms with Crippen molar-refractivity contribution in [1.29, 1.82) is 0 Å². The van der Waals surface area contributed by atoms with E-state index in [1.54, 1.807) is 23.1 Å². The molecule has 0 spiro atoms. The molecule has 0 aliphatic carbocycles. The van der Waals surface area contributed by atoms with Crippen molar-refractivity contribution in [1.82, 2.24) is 4.90 Å². The molecule has 1 heterocycles. The number of carbonyl (C=O) groups is 1. The van der Waals surface area contributed by atoms with Crippen LogP contribution in [0, 0.1) is 0 Å². The van der Waals surface area contributed by atoms with E-state index in [1.165, 1.54) is 6.07 Å². The average molecular weight is 300 g/mol.